The van der Waals surface area contributed by atoms with Gasteiger partial charge in [0.15, 0.2) is 5.96 Å². The van der Waals surface area contributed by atoms with E-state index in [9.17, 15) is 9.59 Å². The van der Waals surface area contributed by atoms with E-state index in [-0.39, 0.29) is 24.6 Å². The van der Waals surface area contributed by atoms with E-state index in [4.69, 9.17) is 4.74 Å². The number of nitrogens with zero attached hydrogens (tertiary/aromatic N) is 4. The predicted octanol–water partition coefficient (Wildman–Crippen LogP) is 2.01. The van der Waals surface area contributed by atoms with E-state index in [2.05, 4.69) is 39.8 Å². The number of amides is 2. The molecule has 0 spiro atoms. The third kappa shape index (κ3) is 7.47. The summed E-state index contributed by atoms with van der Waals surface area (Å²) in [5.41, 5.74) is 1.08. The maximum atomic E-state index is 12.0. The first-order valence-corrected chi connectivity index (χ1v) is 11.3. The molecule has 0 unspecified atom stereocenters. The Bertz CT molecular complexity index is 726. The van der Waals surface area contributed by atoms with Crippen molar-refractivity contribution >= 4 is 29.3 Å². The predicted molar refractivity (Wildman–Crippen MR) is 119 cm³/mol. The van der Waals surface area contributed by atoms with Gasteiger partial charge in [0.1, 0.15) is 11.6 Å². The van der Waals surface area contributed by atoms with Gasteiger partial charge in [-0.3, -0.25) is 4.79 Å². The number of nitrogens with one attached hydrogen (secondary N) is 2. The van der Waals surface area contributed by atoms with Gasteiger partial charge in [0, 0.05) is 38.6 Å². The number of thiazole rings is 1. The molecule has 0 aliphatic carbocycles. The fourth-order valence-corrected chi connectivity index (χ4v) is 3.78. The second kappa shape index (κ2) is 11.7. The van der Waals surface area contributed by atoms with E-state index in [0.29, 0.717) is 38.1 Å². The molecule has 0 saturated carbocycles. The SMILES string of the molecule is CCOC(=O)N1CCC(NC(=NCC(=O)N(C)C)NCc2nc(C(C)C)cs2)CC1. The number of carbonyl (C=O) groups excluding carboxylic acids is 2. The Morgan fingerprint density at radius 3 is 2.63 bits per heavy atom. The number of ether oxygens (including phenoxy) is 1. The molecule has 1 saturated heterocycles. The Morgan fingerprint density at radius 1 is 1.37 bits per heavy atom. The van der Waals surface area contributed by atoms with Crippen LogP contribution in [0.1, 0.15) is 50.2 Å². The van der Waals surface area contributed by atoms with E-state index >= 15 is 0 Å². The highest BCUT2D eigenvalue weighted by molar-refractivity contribution is 7.09. The lowest BCUT2D eigenvalue weighted by Crippen LogP contribution is -2.50. The molecule has 2 heterocycles. The lowest BCUT2D eigenvalue weighted by Gasteiger charge is -2.32. The van der Waals surface area contributed by atoms with Crippen LogP contribution in [0.2, 0.25) is 0 Å². The fraction of sp³-hybridized carbons (Fsp3) is 0.700. The van der Waals surface area contributed by atoms with Gasteiger partial charge in [0.05, 0.1) is 18.8 Å². The number of rotatable bonds is 7. The van der Waals surface area contributed by atoms with Crippen LogP contribution in [-0.4, -0.2) is 79.1 Å². The standard InChI is InChI=1S/C20H34N6O3S/c1-6-29-20(28)26-9-7-15(8-10-26)23-19(22-12-18(27)25(4)5)21-11-17-24-16(13-30-17)14(2)3/h13-15H,6-12H2,1-5H3,(H2,21,22,23). The number of aromatic nitrogens is 1. The Morgan fingerprint density at radius 2 is 2.07 bits per heavy atom. The van der Waals surface area contributed by atoms with Crippen LogP contribution >= 0.6 is 11.3 Å². The summed E-state index contributed by atoms with van der Waals surface area (Å²) in [6.07, 6.45) is 1.32. The van der Waals surface area contributed by atoms with Crippen LogP contribution in [0.25, 0.3) is 0 Å². The molecule has 0 aromatic carbocycles. The number of likely N-dealkylation sites (tertiary alicyclic amines) is 1. The monoisotopic (exact) mass is 438 g/mol. The van der Waals surface area contributed by atoms with Crippen molar-refractivity contribution in [3.8, 4) is 0 Å². The van der Waals surface area contributed by atoms with Crippen molar-refractivity contribution < 1.29 is 14.3 Å². The van der Waals surface area contributed by atoms with Gasteiger partial charge in [-0.25, -0.2) is 14.8 Å². The van der Waals surface area contributed by atoms with Crippen molar-refractivity contribution in [2.75, 3.05) is 40.3 Å². The minimum absolute atomic E-state index is 0.0652. The first kappa shape index (κ1) is 23.9. The highest BCUT2D eigenvalue weighted by Crippen LogP contribution is 2.17. The second-order valence-electron chi connectivity index (χ2n) is 7.73. The summed E-state index contributed by atoms with van der Waals surface area (Å²) in [6.45, 7) is 8.30. The molecular weight excluding hydrogens is 404 g/mol. The second-order valence-corrected chi connectivity index (χ2v) is 8.67. The summed E-state index contributed by atoms with van der Waals surface area (Å²) >= 11 is 1.61. The van der Waals surface area contributed by atoms with Crippen LogP contribution in [0.4, 0.5) is 4.79 Å². The molecule has 2 N–H and O–H groups in total. The topological polar surface area (TPSA) is 99.2 Å². The van der Waals surface area contributed by atoms with E-state index in [1.54, 1.807) is 30.3 Å². The third-order valence-electron chi connectivity index (χ3n) is 4.80. The lowest BCUT2D eigenvalue weighted by atomic mass is 10.1. The minimum atomic E-state index is -0.260. The maximum absolute atomic E-state index is 12.0. The van der Waals surface area contributed by atoms with Crippen LogP contribution in [-0.2, 0) is 16.1 Å². The van der Waals surface area contributed by atoms with Gasteiger partial charge in [-0.2, -0.15) is 0 Å². The van der Waals surface area contributed by atoms with Gasteiger partial charge < -0.3 is 25.2 Å². The smallest absolute Gasteiger partial charge is 0.409 e. The van der Waals surface area contributed by atoms with Gasteiger partial charge in [-0.15, -0.1) is 11.3 Å². The molecule has 2 rings (SSSR count). The molecule has 1 aromatic rings. The number of piperidine rings is 1. The number of hydrogen-bond donors (Lipinski definition) is 2. The Labute approximate surface area is 182 Å². The molecule has 0 atom stereocenters. The Balaban J connectivity index is 1.95. The summed E-state index contributed by atoms with van der Waals surface area (Å²) in [7, 11) is 3.43. The normalized spacial score (nSPS) is 15.3. The quantitative estimate of drug-likeness (QED) is 0.499. The molecule has 30 heavy (non-hydrogen) atoms. The molecule has 9 nitrogen and oxygen atoms in total. The number of likely N-dealkylation sites (N-methyl/N-ethyl adjacent to an activating group) is 1. The van der Waals surface area contributed by atoms with Gasteiger partial charge >= 0.3 is 6.09 Å². The van der Waals surface area contributed by atoms with E-state index in [0.717, 1.165) is 23.5 Å². The summed E-state index contributed by atoms with van der Waals surface area (Å²) in [6, 6.07) is 0.166. The van der Waals surface area contributed by atoms with Gasteiger partial charge in [0.25, 0.3) is 0 Å². The molecule has 10 heteroatoms. The summed E-state index contributed by atoms with van der Waals surface area (Å²) < 4.78 is 5.07. The molecule has 0 radical (unpaired) electrons. The molecule has 2 amide bonds. The van der Waals surface area contributed by atoms with Crippen LogP contribution < -0.4 is 10.6 Å². The van der Waals surface area contributed by atoms with E-state index < -0.39 is 0 Å². The first-order valence-electron chi connectivity index (χ1n) is 10.4. The zero-order valence-corrected chi connectivity index (χ0v) is 19.4. The van der Waals surface area contributed by atoms with Crippen LogP contribution in [0.3, 0.4) is 0 Å². The summed E-state index contributed by atoms with van der Waals surface area (Å²) in [5, 5.41) is 9.75. The Hall–Kier alpha value is -2.36. The van der Waals surface area contributed by atoms with Crippen molar-refractivity contribution in [3.05, 3.63) is 16.1 Å². The van der Waals surface area contributed by atoms with Crippen molar-refractivity contribution in [2.24, 2.45) is 4.99 Å². The lowest BCUT2D eigenvalue weighted by molar-refractivity contribution is -0.127. The average molecular weight is 439 g/mol. The van der Waals surface area contributed by atoms with Gasteiger partial charge in [0.2, 0.25) is 5.91 Å². The number of hydrogen-bond acceptors (Lipinski definition) is 6. The van der Waals surface area contributed by atoms with Crippen molar-refractivity contribution in [2.45, 2.75) is 52.1 Å². The minimum Gasteiger partial charge on any atom is -0.450 e. The largest absolute Gasteiger partial charge is 0.450 e. The number of guanidine groups is 1. The summed E-state index contributed by atoms with van der Waals surface area (Å²) in [5.74, 6) is 0.911. The van der Waals surface area contributed by atoms with Crippen molar-refractivity contribution in [1.82, 2.24) is 25.4 Å². The van der Waals surface area contributed by atoms with Crippen LogP contribution in [0.15, 0.2) is 10.4 Å². The average Bonchev–Trinajstić information content (AvgIpc) is 3.19. The molecular formula is C20H34N6O3S. The van der Waals surface area contributed by atoms with Gasteiger partial charge in [-0.05, 0) is 25.7 Å². The van der Waals surface area contributed by atoms with E-state index in [1.807, 2.05) is 6.92 Å². The first-order chi connectivity index (χ1) is 14.3. The van der Waals surface area contributed by atoms with Crippen molar-refractivity contribution in [3.63, 3.8) is 0 Å². The summed E-state index contributed by atoms with van der Waals surface area (Å²) in [4.78, 5) is 36.2. The van der Waals surface area contributed by atoms with Gasteiger partial charge in [-0.1, -0.05) is 13.8 Å². The maximum Gasteiger partial charge on any atom is 0.409 e. The molecule has 0 bridgehead atoms. The van der Waals surface area contributed by atoms with Crippen LogP contribution in [0, 0.1) is 0 Å². The van der Waals surface area contributed by atoms with E-state index in [1.165, 1.54) is 4.90 Å². The Kier molecular flexibility index (Phi) is 9.35. The van der Waals surface area contributed by atoms with Crippen molar-refractivity contribution in [1.29, 1.82) is 0 Å². The van der Waals surface area contributed by atoms with Crippen LogP contribution in [0.5, 0.6) is 0 Å². The zero-order chi connectivity index (χ0) is 22.1. The number of aliphatic imine (C=N–C) groups is 1. The molecule has 1 aliphatic rings. The zero-order valence-electron chi connectivity index (χ0n) is 18.6. The fourth-order valence-electron chi connectivity index (χ4n) is 2.89. The highest BCUT2D eigenvalue weighted by Gasteiger charge is 2.24. The third-order valence-corrected chi connectivity index (χ3v) is 5.67. The molecule has 168 valence electrons. The highest BCUT2D eigenvalue weighted by atomic mass is 32.1. The molecule has 1 aliphatic heterocycles. The molecule has 1 aromatic heterocycles. The molecule has 1 fully saturated rings. The number of carbonyl (C=O) groups is 2.